The molecule has 0 saturated carbocycles. The lowest BCUT2D eigenvalue weighted by atomic mass is 9.99. The molecule has 13 heteroatoms. The Morgan fingerprint density at radius 3 is 1.48 bits per heavy atom. The van der Waals surface area contributed by atoms with E-state index in [0.717, 1.165) is 0 Å². The zero-order valence-corrected chi connectivity index (χ0v) is 9.10. The fourth-order valence-electron chi connectivity index (χ4n) is 0.903. The van der Waals surface area contributed by atoms with E-state index in [1.165, 1.54) is 0 Å². The van der Waals surface area contributed by atoms with Gasteiger partial charge in [-0.05, 0) is 0 Å². The van der Waals surface area contributed by atoms with Crippen molar-refractivity contribution < 1.29 is 57.5 Å². The molecule has 1 atom stereocenters. The van der Waals surface area contributed by atoms with Crippen molar-refractivity contribution in [3.63, 3.8) is 0 Å². The summed E-state index contributed by atoms with van der Waals surface area (Å²) in [6, 6.07) is -3.66. The molecule has 1 unspecified atom stereocenters. The van der Waals surface area contributed by atoms with Crippen LogP contribution in [0.25, 0.3) is 0 Å². The number of carbonyl (C=O) groups excluding carboxylic acids is 1. The number of carbonyl (C=O) groups is 1. The summed E-state index contributed by atoms with van der Waals surface area (Å²) < 4.78 is 148. The molecular formula is C8H2F12O. The minimum atomic E-state index is -7.23. The van der Waals surface area contributed by atoms with Crippen LogP contribution in [-0.2, 0) is 4.79 Å². The first kappa shape index (κ1) is 19.6. The molecule has 0 aromatic heterocycles. The Bertz CT molecular complexity index is 439. The lowest BCUT2D eigenvalue weighted by Gasteiger charge is -2.33. The first-order chi connectivity index (χ1) is 9.12. The lowest BCUT2D eigenvalue weighted by molar-refractivity contribution is -0.326. The summed E-state index contributed by atoms with van der Waals surface area (Å²) in [5, 5.41) is 0. The van der Waals surface area contributed by atoms with Gasteiger partial charge in [0.25, 0.3) is 6.43 Å². The smallest absolute Gasteiger partial charge is 0.253 e. The van der Waals surface area contributed by atoms with Crippen LogP contribution < -0.4 is 0 Å². The van der Waals surface area contributed by atoms with Gasteiger partial charge in [-0.15, -0.1) is 0 Å². The zero-order valence-electron chi connectivity index (χ0n) is 9.10. The van der Waals surface area contributed by atoms with E-state index in [-0.39, 0.29) is 0 Å². The number of alkyl halides is 9. The molecule has 0 rings (SSSR count). The second kappa shape index (κ2) is 5.75. The highest BCUT2D eigenvalue weighted by Gasteiger charge is 2.78. The second-order valence-electron chi connectivity index (χ2n) is 3.41. The van der Waals surface area contributed by atoms with Gasteiger partial charge in [-0.3, -0.25) is 4.79 Å². The molecule has 0 aliphatic carbocycles. The summed E-state index contributed by atoms with van der Waals surface area (Å²) in [7, 11) is 0. The second-order valence-corrected chi connectivity index (χ2v) is 3.41. The van der Waals surface area contributed by atoms with Crippen LogP contribution >= 0.6 is 0 Å². The average Bonchev–Trinajstić information content (AvgIpc) is 2.34. The summed E-state index contributed by atoms with van der Waals surface area (Å²) in [6.45, 7) is 0. The average molecular weight is 342 g/mol. The van der Waals surface area contributed by atoms with Gasteiger partial charge in [0, 0.05) is 0 Å². The fraction of sp³-hybridized carbons (Fsp3) is 0.625. The van der Waals surface area contributed by atoms with Crippen LogP contribution in [0.3, 0.4) is 0 Å². The van der Waals surface area contributed by atoms with Crippen LogP contribution in [0, 0.1) is 0 Å². The highest BCUT2D eigenvalue weighted by Crippen LogP contribution is 2.52. The third kappa shape index (κ3) is 3.10. The molecule has 0 heterocycles. The predicted octanol–water partition coefficient (Wildman–Crippen LogP) is 4.14. The first-order valence-electron chi connectivity index (χ1n) is 4.43. The molecule has 0 aliphatic rings. The van der Waals surface area contributed by atoms with E-state index in [1.807, 2.05) is 0 Å². The molecule has 0 radical (unpaired) electrons. The Balaban J connectivity index is 6.00. The molecular weight excluding hydrogens is 340 g/mol. The van der Waals surface area contributed by atoms with Crippen LogP contribution in [-0.4, -0.2) is 36.4 Å². The maximum atomic E-state index is 12.7. The molecule has 0 aromatic carbocycles. The van der Waals surface area contributed by atoms with Crippen molar-refractivity contribution in [1.29, 1.82) is 0 Å². The number of hydrogen-bond donors (Lipinski definition) is 0. The molecule has 0 bridgehead atoms. The predicted molar refractivity (Wildman–Crippen MR) is 41.1 cm³/mol. The van der Waals surface area contributed by atoms with Gasteiger partial charge in [0.05, 0.1) is 0 Å². The molecule has 1 nitrogen and oxygen atoms in total. The standard InChI is InChI=1S/C8H2F12O/c9-1(5(14)21)2(10)6(15,16)8(19,20)7(17,18)3(11)4(12)13/h3-4H. The molecule has 0 spiro atoms. The largest absolute Gasteiger partial charge is 0.382 e. The van der Waals surface area contributed by atoms with Gasteiger partial charge in [0.2, 0.25) is 17.8 Å². The van der Waals surface area contributed by atoms with E-state index in [2.05, 4.69) is 0 Å². The summed E-state index contributed by atoms with van der Waals surface area (Å²) in [6.07, 6.45) is -10.0. The van der Waals surface area contributed by atoms with Crippen LogP contribution in [0.15, 0.2) is 11.7 Å². The van der Waals surface area contributed by atoms with Gasteiger partial charge in [-0.1, -0.05) is 0 Å². The number of hydrogen-bond acceptors (Lipinski definition) is 1. The van der Waals surface area contributed by atoms with Crippen LogP contribution in [0.2, 0.25) is 0 Å². The van der Waals surface area contributed by atoms with E-state index in [0.29, 0.717) is 0 Å². The van der Waals surface area contributed by atoms with E-state index in [4.69, 9.17) is 0 Å². The van der Waals surface area contributed by atoms with Crippen molar-refractivity contribution in [2.75, 3.05) is 0 Å². The highest BCUT2D eigenvalue weighted by molar-refractivity contribution is 5.85. The number of allylic oxidation sites excluding steroid dienone is 2. The zero-order chi connectivity index (χ0) is 17.4. The van der Waals surface area contributed by atoms with Crippen molar-refractivity contribution in [3.8, 4) is 0 Å². The van der Waals surface area contributed by atoms with E-state index in [9.17, 15) is 57.5 Å². The third-order valence-corrected chi connectivity index (χ3v) is 2.02. The quantitative estimate of drug-likeness (QED) is 0.403. The molecule has 0 aliphatic heterocycles. The maximum absolute atomic E-state index is 12.7. The van der Waals surface area contributed by atoms with E-state index >= 15 is 0 Å². The maximum Gasteiger partial charge on any atom is 0.382 e. The highest BCUT2D eigenvalue weighted by atomic mass is 19.4. The minimum Gasteiger partial charge on any atom is -0.253 e. The van der Waals surface area contributed by atoms with Crippen molar-refractivity contribution >= 4 is 6.04 Å². The molecule has 0 aromatic rings. The Morgan fingerprint density at radius 1 is 0.810 bits per heavy atom. The monoisotopic (exact) mass is 342 g/mol. The van der Waals surface area contributed by atoms with E-state index < -0.39 is 48.1 Å². The fourth-order valence-corrected chi connectivity index (χ4v) is 0.903. The van der Waals surface area contributed by atoms with Crippen LogP contribution in [0.1, 0.15) is 0 Å². The molecule has 0 N–H and O–H groups in total. The van der Waals surface area contributed by atoms with Gasteiger partial charge in [0.15, 0.2) is 0 Å². The molecule has 0 amide bonds. The van der Waals surface area contributed by atoms with Crippen molar-refractivity contribution in [3.05, 3.63) is 11.7 Å². The summed E-state index contributed by atoms with van der Waals surface area (Å²) in [5.74, 6) is -29.1. The van der Waals surface area contributed by atoms with Gasteiger partial charge in [-0.25, -0.2) is 17.6 Å². The Labute approximate surface area is 107 Å². The van der Waals surface area contributed by atoms with Crippen molar-refractivity contribution in [2.45, 2.75) is 30.4 Å². The molecule has 124 valence electrons. The molecule has 21 heavy (non-hydrogen) atoms. The number of rotatable bonds is 6. The lowest BCUT2D eigenvalue weighted by Crippen LogP contribution is -2.60. The summed E-state index contributed by atoms with van der Waals surface area (Å²) in [4.78, 5) is 9.55. The normalized spacial score (nSPS) is 16.8. The Hall–Kier alpha value is -1.43. The minimum absolute atomic E-state index is 3.66. The Morgan fingerprint density at radius 2 is 1.19 bits per heavy atom. The molecule has 0 fully saturated rings. The summed E-state index contributed by atoms with van der Waals surface area (Å²) in [5.41, 5.74) is 0. The van der Waals surface area contributed by atoms with Gasteiger partial charge in [-0.2, -0.15) is 35.1 Å². The summed E-state index contributed by atoms with van der Waals surface area (Å²) >= 11 is 0. The van der Waals surface area contributed by atoms with Crippen LogP contribution in [0.5, 0.6) is 0 Å². The van der Waals surface area contributed by atoms with Crippen molar-refractivity contribution in [1.82, 2.24) is 0 Å². The number of halogens is 12. The van der Waals surface area contributed by atoms with Crippen LogP contribution in [0.4, 0.5) is 52.7 Å². The van der Waals surface area contributed by atoms with Crippen molar-refractivity contribution in [2.24, 2.45) is 0 Å². The van der Waals surface area contributed by atoms with Gasteiger partial charge >= 0.3 is 23.8 Å². The van der Waals surface area contributed by atoms with E-state index in [1.54, 1.807) is 0 Å². The SMILES string of the molecule is O=C(F)C(F)=C(F)C(F)(F)C(F)(F)C(F)(F)C(F)C(F)F. The third-order valence-electron chi connectivity index (χ3n) is 2.02. The Kier molecular flexibility index (Phi) is 5.36. The van der Waals surface area contributed by atoms with Gasteiger partial charge in [0.1, 0.15) is 0 Å². The first-order valence-corrected chi connectivity index (χ1v) is 4.43. The van der Waals surface area contributed by atoms with Gasteiger partial charge < -0.3 is 0 Å². The topological polar surface area (TPSA) is 17.1 Å². The molecule has 0 saturated heterocycles.